The van der Waals surface area contributed by atoms with Crippen molar-refractivity contribution in [2.24, 2.45) is 5.92 Å². The van der Waals surface area contributed by atoms with E-state index in [0.29, 0.717) is 44.0 Å². The number of aromatic nitrogens is 1. The zero-order valence-corrected chi connectivity index (χ0v) is 14.1. The van der Waals surface area contributed by atoms with Crippen molar-refractivity contribution in [3.63, 3.8) is 0 Å². The fraction of sp³-hybridized carbons (Fsp3) is 0.400. The Kier molecular flexibility index (Phi) is 4.03. The lowest BCUT2D eigenvalue weighted by molar-refractivity contribution is -0.130. The number of fused-ring (bicyclic) bond motifs is 3. The van der Waals surface area contributed by atoms with Crippen LogP contribution >= 0.6 is 0 Å². The van der Waals surface area contributed by atoms with E-state index in [-0.39, 0.29) is 23.3 Å². The molecule has 1 aromatic heterocycles. The Morgan fingerprint density at radius 1 is 1.23 bits per heavy atom. The van der Waals surface area contributed by atoms with Crippen molar-refractivity contribution in [1.29, 1.82) is 0 Å². The first-order chi connectivity index (χ1) is 12.5. The topological polar surface area (TPSA) is 53.2 Å². The third-order valence-electron chi connectivity index (χ3n) is 5.62. The zero-order chi connectivity index (χ0) is 18.4. The van der Waals surface area contributed by atoms with Gasteiger partial charge in [0, 0.05) is 36.5 Å². The zero-order valence-electron chi connectivity index (χ0n) is 14.1. The number of ketones is 1. The summed E-state index contributed by atoms with van der Waals surface area (Å²) < 4.78 is 28.0. The van der Waals surface area contributed by atoms with E-state index in [4.69, 9.17) is 6.42 Å². The van der Waals surface area contributed by atoms with Crippen molar-refractivity contribution in [2.75, 3.05) is 6.54 Å². The maximum Gasteiger partial charge on any atom is 0.298 e. The molecule has 1 saturated carbocycles. The fourth-order valence-electron chi connectivity index (χ4n) is 4.42. The number of carbonyl (C=O) groups is 2. The molecular formula is C20H18F2N2O2. The van der Waals surface area contributed by atoms with Gasteiger partial charge in [-0.05, 0) is 42.7 Å². The quantitative estimate of drug-likeness (QED) is 0.798. The number of terminal acetylenes is 1. The number of nitrogens with one attached hydrogen (secondary N) is 1. The van der Waals surface area contributed by atoms with Crippen molar-refractivity contribution >= 4 is 22.6 Å². The van der Waals surface area contributed by atoms with Crippen LogP contribution in [-0.2, 0) is 16.0 Å². The number of nitrogens with zero attached hydrogens (tertiary/aromatic N) is 1. The molecule has 1 fully saturated rings. The van der Waals surface area contributed by atoms with E-state index in [9.17, 15) is 18.4 Å². The van der Waals surface area contributed by atoms with Gasteiger partial charge in [-0.25, -0.2) is 8.78 Å². The van der Waals surface area contributed by atoms with Crippen molar-refractivity contribution in [2.45, 2.75) is 38.1 Å². The van der Waals surface area contributed by atoms with E-state index in [1.54, 1.807) is 4.90 Å². The molecule has 1 aromatic carbocycles. The van der Waals surface area contributed by atoms with Gasteiger partial charge in [-0.2, -0.15) is 0 Å². The minimum Gasteiger partial charge on any atom is -0.354 e. The fourth-order valence-corrected chi connectivity index (χ4v) is 4.42. The lowest BCUT2D eigenvalue weighted by Crippen LogP contribution is -2.43. The number of halogens is 2. The number of Topliss-reactive ketones (excluding diaryl/α,β-unsaturated/α-hetero) is 1. The SMILES string of the molecule is C#CC(=O)N1CCc2c([nH]c3c(F)cc(F)cc23)C1C1CCC(=O)CC1. The monoisotopic (exact) mass is 356 g/mol. The van der Waals surface area contributed by atoms with Gasteiger partial charge in [-0.1, -0.05) is 0 Å². The third kappa shape index (κ3) is 2.59. The van der Waals surface area contributed by atoms with Gasteiger partial charge in [-0.15, -0.1) is 6.42 Å². The van der Waals surface area contributed by atoms with Gasteiger partial charge >= 0.3 is 0 Å². The second-order valence-electron chi connectivity index (χ2n) is 7.04. The van der Waals surface area contributed by atoms with Crippen molar-refractivity contribution in [3.05, 3.63) is 35.0 Å². The van der Waals surface area contributed by atoms with Crippen LogP contribution in [0, 0.1) is 29.9 Å². The standard InChI is InChI=1S/C20H18F2N2O2/c1-2-17(26)24-8-7-14-15-9-12(21)10-16(22)18(15)23-19(14)20(24)11-3-5-13(25)6-4-11/h1,9-11,20,23H,3-8H2. The molecule has 1 aliphatic carbocycles. The van der Waals surface area contributed by atoms with E-state index in [2.05, 4.69) is 10.9 Å². The number of aromatic amines is 1. The Bertz CT molecular complexity index is 947. The summed E-state index contributed by atoms with van der Waals surface area (Å²) in [6.07, 6.45) is 8.07. The molecule has 26 heavy (non-hydrogen) atoms. The number of carbonyl (C=O) groups excluding carboxylic acids is 2. The van der Waals surface area contributed by atoms with Gasteiger partial charge in [0.25, 0.3) is 5.91 Å². The van der Waals surface area contributed by atoms with Crippen LogP contribution in [0.2, 0.25) is 0 Å². The smallest absolute Gasteiger partial charge is 0.298 e. The molecule has 1 aliphatic heterocycles. The van der Waals surface area contributed by atoms with Crippen LogP contribution in [0.5, 0.6) is 0 Å². The van der Waals surface area contributed by atoms with Gasteiger partial charge in [-0.3, -0.25) is 9.59 Å². The van der Waals surface area contributed by atoms with E-state index in [1.807, 2.05) is 0 Å². The number of hydrogen-bond acceptors (Lipinski definition) is 2. The molecule has 1 unspecified atom stereocenters. The van der Waals surface area contributed by atoms with Crippen LogP contribution in [0.15, 0.2) is 12.1 Å². The first kappa shape index (κ1) is 16.8. The molecular weight excluding hydrogens is 338 g/mol. The minimum atomic E-state index is -0.651. The van der Waals surface area contributed by atoms with Crippen LogP contribution in [0.3, 0.4) is 0 Å². The second-order valence-corrected chi connectivity index (χ2v) is 7.04. The molecule has 6 heteroatoms. The Hall–Kier alpha value is -2.68. The lowest BCUT2D eigenvalue weighted by Gasteiger charge is -2.40. The number of hydrogen-bond donors (Lipinski definition) is 1. The predicted molar refractivity (Wildman–Crippen MR) is 92.2 cm³/mol. The van der Waals surface area contributed by atoms with E-state index < -0.39 is 17.5 Å². The molecule has 0 saturated heterocycles. The van der Waals surface area contributed by atoms with E-state index >= 15 is 0 Å². The minimum absolute atomic E-state index is 0.0602. The average Bonchev–Trinajstić information content (AvgIpc) is 3.00. The van der Waals surface area contributed by atoms with Crippen LogP contribution in [0.4, 0.5) is 8.78 Å². The van der Waals surface area contributed by atoms with Crippen LogP contribution < -0.4 is 0 Å². The molecule has 4 rings (SSSR count). The number of rotatable bonds is 1. The Morgan fingerprint density at radius 2 is 1.96 bits per heavy atom. The summed E-state index contributed by atoms with van der Waals surface area (Å²) in [5.74, 6) is 0.758. The highest BCUT2D eigenvalue weighted by atomic mass is 19.1. The number of amides is 1. The summed E-state index contributed by atoms with van der Waals surface area (Å²) in [5.41, 5.74) is 1.81. The maximum atomic E-state index is 14.2. The van der Waals surface area contributed by atoms with Crippen molar-refractivity contribution in [3.8, 4) is 12.3 Å². The summed E-state index contributed by atoms with van der Waals surface area (Å²) in [4.78, 5) is 28.6. The number of benzene rings is 1. The number of H-pyrrole nitrogens is 1. The first-order valence-electron chi connectivity index (χ1n) is 8.78. The van der Waals surface area contributed by atoms with Crippen LogP contribution in [-0.4, -0.2) is 28.1 Å². The molecule has 1 N–H and O–H groups in total. The molecule has 134 valence electrons. The van der Waals surface area contributed by atoms with Gasteiger partial charge in [0.05, 0.1) is 11.6 Å². The highest BCUT2D eigenvalue weighted by molar-refractivity contribution is 5.94. The van der Waals surface area contributed by atoms with E-state index in [1.165, 1.54) is 6.07 Å². The predicted octanol–water partition coefficient (Wildman–Crippen LogP) is 3.26. The van der Waals surface area contributed by atoms with E-state index in [0.717, 1.165) is 17.3 Å². The lowest BCUT2D eigenvalue weighted by atomic mass is 9.79. The Morgan fingerprint density at radius 3 is 2.65 bits per heavy atom. The Balaban J connectivity index is 1.85. The van der Waals surface area contributed by atoms with Crippen LogP contribution in [0.25, 0.3) is 10.9 Å². The molecule has 2 aliphatic rings. The van der Waals surface area contributed by atoms with Crippen molar-refractivity contribution in [1.82, 2.24) is 9.88 Å². The third-order valence-corrected chi connectivity index (χ3v) is 5.62. The van der Waals surface area contributed by atoms with Gasteiger partial charge in [0.2, 0.25) is 0 Å². The summed E-state index contributed by atoms with van der Waals surface area (Å²) >= 11 is 0. The highest BCUT2D eigenvalue weighted by Gasteiger charge is 2.39. The molecule has 0 radical (unpaired) electrons. The van der Waals surface area contributed by atoms with Crippen molar-refractivity contribution < 1.29 is 18.4 Å². The average molecular weight is 356 g/mol. The summed E-state index contributed by atoms with van der Waals surface area (Å²) in [7, 11) is 0. The second kappa shape index (κ2) is 6.24. The normalized spacial score (nSPS) is 20.9. The Labute approximate surface area is 149 Å². The molecule has 1 atom stereocenters. The molecule has 0 bridgehead atoms. The molecule has 0 spiro atoms. The summed E-state index contributed by atoms with van der Waals surface area (Å²) in [5, 5.41) is 0.516. The highest BCUT2D eigenvalue weighted by Crippen LogP contribution is 2.43. The van der Waals surface area contributed by atoms with Gasteiger partial charge in [0.15, 0.2) is 0 Å². The molecule has 2 heterocycles. The molecule has 2 aromatic rings. The molecule has 1 amide bonds. The van der Waals surface area contributed by atoms with Gasteiger partial charge < -0.3 is 9.88 Å². The maximum absolute atomic E-state index is 14.2. The summed E-state index contributed by atoms with van der Waals surface area (Å²) in [6.45, 7) is 0.399. The largest absolute Gasteiger partial charge is 0.354 e. The van der Waals surface area contributed by atoms with Gasteiger partial charge in [0.1, 0.15) is 17.4 Å². The van der Waals surface area contributed by atoms with Crippen LogP contribution in [0.1, 0.15) is 43.0 Å². The first-order valence-corrected chi connectivity index (χ1v) is 8.78. The molecule has 4 nitrogen and oxygen atoms in total. The summed E-state index contributed by atoms with van der Waals surface area (Å²) in [6, 6.07) is 1.84.